The summed E-state index contributed by atoms with van der Waals surface area (Å²) in [5.41, 5.74) is 0. The molecule has 12 heavy (non-hydrogen) atoms. The van der Waals surface area contributed by atoms with Gasteiger partial charge < -0.3 is 9.84 Å². The van der Waals surface area contributed by atoms with Gasteiger partial charge in [-0.3, -0.25) is 4.79 Å². The SMILES string of the molecule is CCCCOC(=O)C[C@H](O)CCl. The Kier molecular flexibility index (Phi) is 7.20. The highest BCUT2D eigenvalue weighted by Gasteiger charge is 2.09. The van der Waals surface area contributed by atoms with Crippen molar-refractivity contribution in [3.8, 4) is 0 Å². The molecule has 0 spiro atoms. The molecule has 0 aromatic rings. The smallest absolute Gasteiger partial charge is 0.308 e. The Hall–Kier alpha value is -0.280. The van der Waals surface area contributed by atoms with Crippen LogP contribution < -0.4 is 0 Å². The van der Waals surface area contributed by atoms with Gasteiger partial charge in [0.15, 0.2) is 0 Å². The molecule has 0 unspecified atom stereocenters. The first-order chi connectivity index (χ1) is 5.70. The van der Waals surface area contributed by atoms with Gasteiger partial charge in [-0.1, -0.05) is 13.3 Å². The number of carbonyl (C=O) groups excluding carboxylic acids is 1. The van der Waals surface area contributed by atoms with Gasteiger partial charge in [-0.15, -0.1) is 11.6 Å². The molecule has 0 amide bonds. The topological polar surface area (TPSA) is 46.5 Å². The van der Waals surface area contributed by atoms with Crippen LogP contribution in [-0.4, -0.2) is 29.7 Å². The molecular weight excluding hydrogens is 180 g/mol. The van der Waals surface area contributed by atoms with Crippen LogP contribution in [0.4, 0.5) is 0 Å². The van der Waals surface area contributed by atoms with Crippen LogP contribution in [0.15, 0.2) is 0 Å². The lowest BCUT2D eigenvalue weighted by atomic mass is 10.3. The summed E-state index contributed by atoms with van der Waals surface area (Å²) in [4.78, 5) is 10.8. The van der Waals surface area contributed by atoms with E-state index in [2.05, 4.69) is 0 Å². The summed E-state index contributed by atoms with van der Waals surface area (Å²) < 4.78 is 4.80. The third-order valence-corrected chi connectivity index (χ3v) is 1.70. The van der Waals surface area contributed by atoms with Crippen molar-refractivity contribution in [1.82, 2.24) is 0 Å². The molecule has 0 rings (SSSR count). The molecule has 0 aromatic heterocycles. The van der Waals surface area contributed by atoms with E-state index in [4.69, 9.17) is 21.4 Å². The fourth-order valence-electron chi connectivity index (χ4n) is 0.636. The minimum absolute atomic E-state index is 0.00673. The number of halogens is 1. The lowest BCUT2D eigenvalue weighted by Crippen LogP contribution is -2.17. The lowest BCUT2D eigenvalue weighted by molar-refractivity contribution is -0.145. The third-order valence-electron chi connectivity index (χ3n) is 1.34. The molecule has 0 aromatic carbocycles. The second-order valence-corrected chi connectivity index (χ2v) is 2.89. The number of unbranched alkanes of at least 4 members (excludes halogenated alkanes) is 1. The lowest BCUT2D eigenvalue weighted by Gasteiger charge is -2.06. The van der Waals surface area contributed by atoms with Crippen molar-refractivity contribution in [3.05, 3.63) is 0 Å². The first-order valence-electron chi connectivity index (χ1n) is 4.10. The zero-order chi connectivity index (χ0) is 9.40. The Morgan fingerprint density at radius 1 is 1.67 bits per heavy atom. The molecule has 72 valence electrons. The summed E-state index contributed by atoms with van der Waals surface area (Å²) in [6.07, 6.45) is 1.07. The molecule has 0 fully saturated rings. The van der Waals surface area contributed by atoms with Crippen LogP contribution in [0.25, 0.3) is 0 Å². The Labute approximate surface area is 77.7 Å². The fourth-order valence-corrected chi connectivity index (χ4v) is 0.745. The standard InChI is InChI=1S/C8H15ClO3/c1-2-3-4-12-8(11)5-7(10)6-9/h7,10H,2-6H2,1H3/t7-/m0/s1. The average Bonchev–Trinajstić information content (AvgIpc) is 2.05. The first kappa shape index (κ1) is 11.7. The zero-order valence-electron chi connectivity index (χ0n) is 7.25. The summed E-state index contributed by atoms with van der Waals surface area (Å²) in [6, 6.07) is 0. The van der Waals surface area contributed by atoms with Gasteiger partial charge in [-0.2, -0.15) is 0 Å². The maximum atomic E-state index is 10.8. The minimum Gasteiger partial charge on any atom is -0.466 e. The van der Waals surface area contributed by atoms with Gasteiger partial charge in [0.05, 0.1) is 19.1 Å². The molecule has 0 radical (unpaired) electrons. The molecule has 4 heteroatoms. The van der Waals surface area contributed by atoms with E-state index in [1.165, 1.54) is 0 Å². The van der Waals surface area contributed by atoms with Gasteiger partial charge in [0.2, 0.25) is 0 Å². The highest BCUT2D eigenvalue weighted by Crippen LogP contribution is 1.98. The highest BCUT2D eigenvalue weighted by atomic mass is 35.5. The molecule has 1 atom stereocenters. The number of aliphatic hydroxyl groups is 1. The van der Waals surface area contributed by atoms with Crippen LogP contribution in [0.5, 0.6) is 0 Å². The summed E-state index contributed by atoms with van der Waals surface area (Å²) in [7, 11) is 0. The summed E-state index contributed by atoms with van der Waals surface area (Å²) in [6.45, 7) is 2.45. The van der Waals surface area contributed by atoms with Crippen molar-refractivity contribution < 1.29 is 14.6 Å². The van der Waals surface area contributed by atoms with Crippen LogP contribution in [0.2, 0.25) is 0 Å². The zero-order valence-corrected chi connectivity index (χ0v) is 8.01. The van der Waals surface area contributed by atoms with Gasteiger partial charge in [0, 0.05) is 5.88 Å². The van der Waals surface area contributed by atoms with E-state index in [0.29, 0.717) is 6.61 Å². The van der Waals surface area contributed by atoms with Crippen LogP contribution in [0.1, 0.15) is 26.2 Å². The van der Waals surface area contributed by atoms with Crippen molar-refractivity contribution in [1.29, 1.82) is 0 Å². The van der Waals surface area contributed by atoms with E-state index in [9.17, 15) is 4.79 Å². The van der Waals surface area contributed by atoms with E-state index in [1.807, 2.05) is 6.92 Å². The monoisotopic (exact) mass is 194 g/mol. The predicted molar refractivity (Wildman–Crippen MR) is 47.2 cm³/mol. The van der Waals surface area contributed by atoms with E-state index < -0.39 is 6.10 Å². The summed E-state index contributed by atoms with van der Waals surface area (Å²) in [5, 5.41) is 8.95. The molecule has 3 nitrogen and oxygen atoms in total. The Morgan fingerprint density at radius 2 is 2.33 bits per heavy atom. The highest BCUT2D eigenvalue weighted by molar-refractivity contribution is 6.18. The van der Waals surface area contributed by atoms with Crippen molar-refractivity contribution in [2.45, 2.75) is 32.3 Å². The number of ether oxygens (including phenoxy) is 1. The third kappa shape index (κ3) is 6.43. The van der Waals surface area contributed by atoms with Crippen LogP contribution in [0, 0.1) is 0 Å². The molecule has 0 aliphatic rings. The van der Waals surface area contributed by atoms with Crippen LogP contribution >= 0.6 is 11.6 Å². The summed E-state index contributed by atoms with van der Waals surface area (Å²) >= 11 is 5.30. The number of aliphatic hydroxyl groups excluding tert-OH is 1. The normalized spacial score (nSPS) is 12.6. The van der Waals surface area contributed by atoms with Crippen molar-refractivity contribution in [2.24, 2.45) is 0 Å². The van der Waals surface area contributed by atoms with E-state index >= 15 is 0 Å². The Morgan fingerprint density at radius 3 is 2.83 bits per heavy atom. The number of hydrogen-bond donors (Lipinski definition) is 1. The van der Waals surface area contributed by atoms with E-state index in [-0.39, 0.29) is 18.3 Å². The van der Waals surface area contributed by atoms with Gasteiger partial charge in [0.25, 0.3) is 0 Å². The first-order valence-corrected chi connectivity index (χ1v) is 4.63. The molecule has 0 aliphatic carbocycles. The second-order valence-electron chi connectivity index (χ2n) is 2.59. The van der Waals surface area contributed by atoms with Crippen molar-refractivity contribution in [3.63, 3.8) is 0 Å². The number of esters is 1. The Bertz CT molecular complexity index is 127. The van der Waals surface area contributed by atoms with Gasteiger partial charge >= 0.3 is 5.97 Å². The molecular formula is C8H15ClO3. The number of carbonyl (C=O) groups is 1. The average molecular weight is 195 g/mol. The second kappa shape index (κ2) is 7.37. The molecule has 0 saturated heterocycles. The number of hydrogen-bond acceptors (Lipinski definition) is 3. The number of alkyl halides is 1. The molecule has 1 N–H and O–H groups in total. The van der Waals surface area contributed by atoms with Gasteiger partial charge in [-0.25, -0.2) is 0 Å². The van der Waals surface area contributed by atoms with Gasteiger partial charge in [0.1, 0.15) is 0 Å². The minimum atomic E-state index is -0.777. The molecule has 0 bridgehead atoms. The molecule has 0 aliphatic heterocycles. The fraction of sp³-hybridized carbons (Fsp3) is 0.875. The number of rotatable bonds is 6. The van der Waals surface area contributed by atoms with Crippen molar-refractivity contribution in [2.75, 3.05) is 12.5 Å². The van der Waals surface area contributed by atoms with Crippen molar-refractivity contribution >= 4 is 17.6 Å². The van der Waals surface area contributed by atoms with Crippen LogP contribution in [-0.2, 0) is 9.53 Å². The van der Waals surface area contributed by atoms with E-state index in [1.54, 1.807) is 0 Å². The molecule has 0 heterocycles. The molecule has 0 saturated carbocycles. The predicted octanol–water partition coefficient (Wildman–Crippen LogP) is 1.32. The van der Waals surface area contributed by atoms with Crippen LogP contribution in [0.3, 0.4) is 0 Å². The maximum absolute atomic E-state index is 10.8. The Balaban J connectivity index is 3.33. The van der Waals surface area contributed by atoms with E-state index in [0.717, 1.165) is 12.8 Å². The maximum Gasteiger partial charge on any atom is 0.308 e. The summed E-state index contributed by atoms with van der Waals surface area (Å²) in [5.74, 6) is -0.306. The largest absolute Gasteiger partial charge is 0.466 e. The van der Waals surface area contributed by atoms with Gasteiger partial charge in [-0.05, 0) is 6.42 Å². The quantitative estimate of drug-likeness (QED) is 0.394.